The number of rotatable bonds is 8. The van der Waals surface area contributed by atoms with Crippen LogP contribution in [0.3, 0.4) is 0 Å². The smallest absolute Gasteiger partial charge is 0.341 e. The lowest BCUT2D eigenvalue weighted by Gasteiger charge is -2.20. The molecule has 0 saturated carbocycles. The zero-order valence-electron chi connectivity index (χ0n) is 17.4. The molecule has 0 N–H and O–H groups in total. The van der Waals surface area contributed by atoms with Crippen molar-refractivity contribution in [3.05, 3.63) is 96.3 Å². The summed E-state index contributed by atoms with van der Waals surface area (Å²) in [6.07, 6.45) is 1.39. The summed E-state index contributed by atoms with van der Waals surface area (Å²) in [4.78, 5) is 14.2. The van der Waals surface area contributed by atoms with E-state index in [1.165, 1.54) is 20.5 Å². The monoisotopic (exact) mass is 403 g/mol. The Morgan fingerprint density at radius 1 is 0.867 bits per heavy atom. The average Bonchev–Trinajstić information content (AvgIpc) is 2.81. The summed E-state index contributed by atoms with van der Waals surface area (Å²) in [6.45, 7) is 0.308. The minimum Gasteiger partial charge on any atom is -0.503 e. The van der Waals surface area contributed by atoms with Gasteiger partial charge in [0.15, 0.2) is 0 Å². The van der Waals surface area contributed by atoms with Crippen molar-refractivity contribution in [1.29, 1.82) is 0 Å². The SMILES string of the molecule is CO/C=C(/C(=O)OC)c1ccccc1COc1ccc(N(C)c2ccccc2)cc1. The molecule has 30 heavy (non-hydrogen) atoms. The quantitative estimate of drug-likeness (QED) is 0.294. The maximum atomic E-state index is 12.1. The van der Waals surface area contributed by atoms with Crippen molar-refractivity contribution < 1.29 is 19.0 Å². The van der Waals surface area contributed by atoms with Gasteiger partial charge in [0.2, 0.25) is 0 Å². The van der Waals surface area contributed by atoms with Gasteiger partial charge in [-0.3, -0.25) is 0 Å². The van der Waals surface area contributed by atoms with Gasteiger partial charge < -0.3 is 19.1 Å². The number of benzene rings is 3. The van der Waals surface area contributed by atoms with Gasteiger partial charge in [-0.15, -0.1) is 0 Å². The Morgan fingerprint density at radius 2 is 1.50 bits per heavy atom. The van der Waals surface area contributed by atoms with E-state index < -0.39 is 5.97 Å². The maximum absolute atomic E-state index is 12.1. The van der Waals surface area contributed by atoms with Gasteiger partial charge in [0.1, 0.15) is 17.9 Å². The van der Waals surface area contributed by atoms with Crippen LogP contribution < -0.4 is 9.64 Å². The van der Waals surface area contributed by atoms with Gasteiger partial charge in [-0.1, -0.05) is 42.5 Å². The normalized spacial score (nSPS) is 11.0. The summed E-state index contributed by atoms with van der Waals surface area (Å²) in [5, 5.41) is 0. The van der Waals surface area contributed by atoms with Crippen LogP contribution in [-0.4, -0.2) is 27.2 Å². The molecule has 3 rings (SSSR count). The molecule has 0 saturated heterocycles. The first-order valence-electron chi connectivity index (χ1n) is 9.55. The highest BCUT2D eigenvalue weighted by Crippen LogP contribution is 2.27. The minimum absolute atomic E-state index is 0.308. The summed E-state index contributed by atoms with van der Waals surface area (Å²) in [6, 6.07) is 25.6. The van der Waals surface area contributed by atoms with E-state index in [0.717, 1.165) is 22.7 Å². The molecule has 0 aliphatic heterocycles. The molecule has 0 aromatic heterocycles. The molecule has 0 heterocycles. The second-order valence-corrected chi connectivity index (χ2v) is 6.59. The van der Waals surface area contributed by atoms with E-state index in [-0.39, 0.29) is 0 Å². The molecule has 0 unspecified atom stereocenters. The van der Waals surface area contributed by atoms with Crippen LogP contribution in [0.5, 0.6) is 5.75 Å². The number of methoxy groups -OCH3 is 2. The lowest BCUT2D eigenvalue weighted by atomic mass is 10.0. The molecule has 0 atom stereocenters. The van der Waals surface area contributed by atoms with E-state index in [0.29, 0.717) is 17.7 Å². The standard InChI is InChI=1S/C25H25NO4/c1-26(20-10-5-4-6-11-20)21-13-15-22(16-14-21)30-17-19-9-7-8-12-23(19)24(18-28-2)25(27)29-3/h4-16,18H,17H2,1-3H3/b24-18+. The number of carbonyl (C=O) groups is 1. The largest absolute Gasteiger partial charge is 0.503 e. The second-order valence-electron chi connectivity index (χ2n) is 6.59. The molecule has 154 valence electrons. The van der Waals surface area contributed by atoms with Crippen molar-refractivity contribution >= 4 is 22.9 Å². The Balaban J connectivity index is 1.73. The van der Waals surface area contributed by atoms with Crippen LogP contribution in [-0.2, 0) is 20.9 Å². The van der Waals surface area contributed by atoms with Gasteiger partial charge in [0.25, 0.3) is 0 Å². The van der Waals surface area contributed by atoms with Crippen molar-refractivity contribution in [3.8, 4) is 5.75 Å². The number of esters is 1. The van der Waals surface area contributed by atoms with E-state index in [1.54, 1.807) is 0 Å². The topological polar surface area (TPSA) is 48.0 Å². The first-order chi connectivity index (χ1) is 14.6. The van der Waals surface area contributed by atoms with Crippen LogP contribution in [0.1, 0.15) is 11.1 Å². The summed E-state index contributed by atoms with van der Waals surface area (Å²) < 4.78 is 15.9. The number of anilines is 2. The Morgan fingerprint density at radius 3 is 2.17 bits per heavy atom. The third-order valence-corrected chi connectivity index (χ3v) is 4.71. The predicted molar refractivity (Wildman–Crippen MR) is 119 cm³/mol. The van der Waals surface area contributed by atoms with Gasteiger partial charge in [0, 0.05) is 18.4 Å². The van der Waals surface area contributed by atoms with Gasteiger partial charge in [-0.05, 0) is 47.5 Å². The zero-order valence-corrected chi connectivity index (χ0v) is 17.4. The van der Waals surface area contributed by atoms with E-state index >= 15 is 0 Å². The Hall–Kier alpha value is -3.73. The summed E-state index contributed by atoms with van der Waals surface area (Å²) in [5.41, 5.74) is 4.09. The van der Waals surface area contributed by atoms with Crippen molar-refractivity contribution in [2.24, 2.45) is 0 Å². The fourth-order valence-electron chi connectivity index (χ4n) is 3.09. The van der Waals surface area contributed by atoms with Crippen LogP contribution >= 0.6 is 0 Å². The maximum Gasteiger partial charge on any atom is 0.341 e. The van der Waals surface area contributed by atoms with Crippen molar-refractivity contribution in [1.82, 2.24) is 0 Å². The van der Waals surface area contributed by atoms with Crippen molar-refractivity contribution in [3.63, 3.8) is 0 Å². The van der Waals surface area contributed by atoms with Gasteiger partial charge >= 0.3 is 5.97 Å². The molecular formula is C25H25NO4. The Labute approximate surface area is 177 Å². The highest BCUT2D eigenvalue weighted by Gasteiger charge is 2.17. The van der Waals surface area contributed by atoms with E-state index in [9.17, 15) is 4.79 Å². The molecule has 5 nitrogen and oxygen atoms in total. The number of para-hydroxylation sites is 1. The molecule has 3 aromatic rings. The van der Waals surface area contributed by atoms with E-state index in [4.69, 9.17) is 14.2 Å². The molecule has 3 aromatic carbocycles. The second kappa shape index (κ2) is 10.2. The molecule has 5 heteroatoms. The number of carbonyl (C=O) groups excluding carboxylic acids is 1. The van der Waals surface area contributed by atoms with Gasteiger partial charge in [0.05, 0.1) is 20.5 Å². The number of hydrogen-bond acceptors (Lipinski definition) is 5. The first-order valence-corrected chi connectivity index (χ1v) is 9.55. The Kier molecular flexibility index (Phi) is 7.11. The Bertz CT molecular complexity index is 997. The molecule has 0 amide bonds. The molecular weight excluding hydrogens is 378 g/mol. The highest BCUT2D eigenvalue weighted by atomic mass is 16.5. The van der Waals surface area contributed by atoms with Crippen LogP contribution in [0.4, 0.5) is 11.4 Å². The molecule has 0 fully saturated rings. The van der Waals surface area contributed by atoms with E-state index in [1.807, 2.05) is 73.8 Å². The molecule has 0 bridgehead atoms. The molecule has 0 radical (unpaired) electrons. The molecule has 0 aliphatic rings. The number of nitrogens with zero attached hydrogens (tertiary/aromatic N) is 1. The lowest BCUT2D eigenvalue weighted by Crippen LogP contribution is -2.09. The molecule has 0 spiro atoms. The minimum atomic E-state index is -0.461. The third kappa shape index (κ3) is 5.00. The lowest BCUT2D eigenvalue weighted by molar-refractivity contribution is -0.133. The number of ether oxygens (including phenoxy) is 3. The van der Waals surface area contributed by atoms with Gasteiger partial charge in [-0.25, -0.2) is 4.79 Å². The predicted octanol–water partition coefficient (Wildman–Crippen LogP) is 5.19. The first kappa shape index (κ1) is 21.0. The summed E-state index contributed by atoms with van der Waals surface area (Å²) in [7, 11) is 4.87. The zero-order chi connectivity index (χ0) is 21.3. The van der Waals surface area contributed by atoms with Crippen LogP contribution in [0.15, 0.2) is 85.1 Å². The van der Waals surface area contributed by atoms with Crippen LogP contribution in [0.2, 0.25) is 0 Å². The fourth-order valence-corrected chi connectivity index (χ4v) is 3.09. The third-order valence-electron chi connectivity index (χ3n) is 4.71. The van der Waals surface area contributed by atoms with Crippen LogP contribution in [0.25, 0.3) is 5.57 Å². The fraction of sp³-hybridized carbons (Fsp3) is 0.160. The van der Waals surface area contributed by atoms with Crippen molar-refractivity contribution in [2.75, 3.05) is 26.2 Å². The summed E-state index contributed by atoms with van der Waals surface area (Å²) in [5.74, 6) is 0.281. The number of hydrogen-bond donors (Lipinski definition) is 0. The van der Waals surface area contributed by atoms with E-state index in [2.05, 4.69) is 17.0 Å². The average molecular weight is 403 g/mol. The van der Waals surface area contributed by atoms with Crippen molar-refractivity contribution in [2.45, 2.75) is 6.61 Å². The summed E-state index contributed by atoms with van der Waals surface area (Å²) >= 11 is 0. The molecule has 0 aliphatic carbocycles. The van der Waals surface area contributed by atoms with Gasteiger partial charge in [-0.2, -0.15) is 0 Å². The highest BCUT2D eigenvalue weighted by molar-refractivity contribution is 6.16. The van der Waals surface area contributed by atoms with Crippen LogP contribution in [0, 0.1) is 0 Å².